The first-order valence-corrected chi connectivity index (χ1v) is 6.48. The third-order valence-electron chi connectivity index (χ3n) is 2.65. The van der Waals surface area contributed by atoms with Crippen molar-refractivity contribution in [3.8, 4) is 0 Å². The Morgan fingerprint density at radius 1 is 1.12 bits per heavy atom. The molecule has 0 bridgehead atoms. The topological polar surface area (TPSA) is 13.1 Å². The Hall–Kier alpha value is -1.02. The van der Waals surface area contributed by atoms with Crippen LogP contribution in [0.15, 0.2) is 47.3 Å². The van der Waals surface area contributed by atoms with E-state index in [1.165, 1.54) is 17.5 Å². The predicted molar refractivity (Wildman–Crippen MR) is 69.9 cm³/mol. The van der Waals surface area contributed by atoms with Crippen LogP contribution in [0.4, 0.5) is 0 Å². The highest BCUT2D eigenvalue weighted by Crippen LogP contribution is 2.30. The predicted octanol–water partition coefficient (Wildman–Crippen LogP) is 4.72. The lowest BCUT2D eigenvalue weighted by molar-refractivity contribution is 0.564. The highest BCUT2D eigenvalue weighted by molar-refractivity contribution is 9.09. The lowest BCUT2D eigenvalue weighted by Crippen LogP contribution is -1.91. The quantitative estimate of drug-likeness (QED) is 0.738. The van der Waals surface area contributed by atoms with Gasteiger partial charge in [-0.3, -0.25) is 0 Å². The second kappa shape index (κ2) is 5.35. The fraction of sp³-hybridized carbons (Fsp3) is 0.286. The van der Waals surface area contributed by atoms with E-state index in [4.69, 9.17) is 4.42 Å². The molecule has 1 atom stereocenters. The molecule has 1 heterocycles. The normalized spacial score (nSPS) is 12.6. The highest BCUT2D eigenvalue weighted by Gasteiger charge is 2.10. The summed E-state index contributed by atoms with van der Waals surface area (Å²) in [5, 5.41) is 0. The molecule has 16 heavy (non-hydrogen) atoms. The summed E-state index contributed by atoms with van der Waals surface area (Å²) in [6.45, 7) is 2.20. The number of furan rings is 1. The largest absolute Gasteiger partial charge is 0.472 e. The minimum Gasteiger partial charge on any atom is -0.472 e. The third-order valence-corrected chi connectivity index (χ3v) is 3.70. The number of hydrogen-bond donors (Lipinski definition) is 0. The summed E-state index contributed by atoms with van der Waals surface area (Å²) >= 11 is 3.68. The Bertz CT molecular complexity index is 417. The zero-order valence-corrected chi connectivity index (χ0v) is 10.9. The van der Waals surface area contributed by atoms with Gasteiger partial charge in [0.05, 0.1) is 17.4 Å². The van der Waals surface area contributed by atoms with Crippen molar-refractivity contribution in [1.29, 1.82) is 0 Å². The number of hydrogen-bond acceptors (Lipinski definition) is 1. The average Bonchev–Trinajstić information content (AvgIpc) is 2.83. The van der Waals surface area contributed by atoms with E-state index >= 15 is 0 Å². The third kappa shape index (κ3) is 2.56. The van der Waals surface area contributed by atoms with Crippen molar-refractivity contribution in [2.24, 2.45) is 0 Å². The van der Waals surface area contributed by atoms with Crippen LogP contribution in [0.1, 0.15) is 34.9 Å². The molecule has 0 fully saturated rings. The van der Waals surface area contributed by atoms with Crippen LogP contribution in [0, 0.1) is 0 Å². The number of rotatable bonds is 4. The van der Waals surface area contributed by atoms with Gasteiger partial charge in [0, 0.05) is 5.56 Å². The molecule has 2 heteroatoms. The van der Waals surface area contributed by atoms with Gasteiger partial charge in [0.25, 0.3) is 0 Å². The molecule has 0 saturated heterocycles. The van der Waals surface area contributed by atoms with E-state index in [9.17, 15) is 0 Å². The molecule has 1 aromatic heterocycles. The lowest BCUT2D eigenvalue weighted by atomic mass is 10.0. The van der Waals surface area contributed by atoms with Gasteiger partial charge in [-0.15, -0.1) is 0 Å². The van der Waals surface area contributed by atoms with Crippen LogP contribution in [0.2, 0.25) is 0 Å². The second-order valence-corrected chi connectivity index (χ2v) is 4.83. The maximum Gasteiger partial charge on any atom is 0.0949 e. The second-order valence-electron chi connectivity index (χ2n) is 3.91. The van der Waals surface area contributed by atoms with E-state index in [-0.39, 0.29) is 4.83 Å². The Morgan fingerprint density at radius 2 is 1.88 bits per heavy atom. The van der Waals surface area contributed by atoms with Gasteiger partial charge in [-0.1, -0.05) is 53.5 Å². The highest BCUT2D eigenvalue weighted by atomic mass is 79.9. The minimum absolute atomic E-state index is 0.224. The molecule has 0 spiro atoms. The summed E-state index contributed by atoms with van der Waals surface area (Å²) in [6, 6.07) is 10.7. The molecule has 1 aromatic carbocycles. The first-order valence-electron chi connectivity index (χ1n) is 5.56. The molecule has 0 N–H and O–H groups in total. The maximum absolute atomic E-state index is 5.09. The molecule has 0 aliphatic carbocycles. The van der Waals surface area contributed by atoms with Gasteiger partial charge in [0.15, 0.2) is 0 Å². The van der Waals surface area contributed by atoms with Crippen LogP contribution in [-0.2, 0) is 6.42 Å². The van der Waals surface area contributed by atoms with Crippen LogP contribution in [0.3, 0.4) is 0 Å². The van der Waals surface area contributed by atoms with Crippen molar-refractivity contribution in [2.75, 3.05) is 0 Å². The summed E-state index contributed by atoms with van der Waals surface area (Å²) in [7, 11) is 0. The Balaban J connectivity index is 2.15. The van der Waals surface area contributed by atoms with Crippen molar-refractivity contribution in [3.05, 3.63) is 59.5 Å². The summed E-state index contributed by atoms with van der Waals surface area (Å²) in [5.74, 6) is 0. The number of halogens is 1. The number of aryl methyl sites for hydroxylation is 1. The Kier molecular flexibility index (Phi) is 3.83. The number of benzene rings is 1. The van der Waals surface area contributed by atoms with Gasteiger partial charge >= 0.3 is 0 Å². The smallest absolute Gasteiger partial charge is 0.0949 e. The molecule has 1 nitrogen and oxygen atoms in total. The van der Waals surface area contributed by atoms with E-state index in [1.54, 1.807) is 12.5 Å². The van der Waals surface area contributed by atoms with Crippen molar-refractivity contribution in [3.63, 3.8) is 0 Å². The van der Waals surface area contributed by atoms with Crippen molar-refractivity contribution < 1.29 is 4.42 Å². The van der Waals surface area contributed by atoms with Gasteiger partial charge in [-0.2, -0.15) is 0 Å². The van der Waals surface area contributed by atoms with Gasteiger partial charge < -0.3 is 4.42 Å². The van der Waals surface area contributed by atoms with E-state index in [1.807, 2.05) is 6.07 Å². The SMILES string of the molecule is CCCc1ccc(C(Br)c2ccoc2)cc1. The monoisotopic (exact) mass is 278 g/mol. The molecule has 0 saturated carbocycles. The molecule has 0 aliphatic heterocycles. The zero-order chi connectivity index (χ0) is 11.4. The average molecular weight is 279 g/mol. The van der Waals surface area contributed by atoms with E-state index in [0.717, 1.165) is 12.0 Å². The molecule has 2 aromatic rings. The van der Waals surface area contributed by atoms with Crippen LogP contribution < -0.4 is 0 Å². The van der Waals surface area contributed by atoms with Gasteiger partial charge in [-0.25, -0.2) is 0 Å². The lowest BCUT2D eigenvalue weighted by Gasteiger charge is -2.08. The van der Waals surface area contributed by atoms with E-state index < -0.39 is 0 Å². The fourth-order valence-corrected chi connectivity index (χ4v) is 2.32. The summed E-state index contributed by atoms with van der Waals surface area (Å²) in [4.78, 5) is 0.224. The first-order chi connectivity index (χ1) is 7.81. The van der Waals surface area contributed by atoms with Gasteiger partial charge in [0.2, 0.25) is 0 Å². The van der Waals surface area contributed by atoms with Crippen LogP contribution in [0.25, 0.3) is 0 Å². The molecule has 0 amide bonds. The molecule has 0 aliphatic rings. The molecule has 0 radical (unpaired) electrons. The van der Waals surface area contributed by atoms with Gasteiger partial charge in [0.1, 0.15) is 0 Å². The van der Waals surface area contributed by atoms with Crippen molar-refractivity contribution in [1.82, 2.24) is 0 Å². The number of alkyl halides is 1. The fourth-order valence-electron chi connectivity index (χ4n) is 1.75. The molecule has 2 rings (SSSR count). The molecular weight excluding hydrogens is 264 g/mol. The Labute approximate surface area is 105 Å². The van der Waals surface area contributed by atoms with Crippen molar-refractivity contribution >= 4 is 15.9 Å². The minimum atomic E-state index is 0.224. The Morgan fingerprint density at radius 3 is 2.44 bits per heavy atom. The summed E-state index contributed by atoms with van der Waals surface area (Å²) < 4.78 is 5.09. The summed E-state index contributed by atoms with van der Waals surface area (Å²) in [6.07, 6.45) is 5.83. The zero-order valence-electron chi connectivity index (χ0n) is 9.32. The van der Waals surface area contributed by atoms with Crippen molar-refractivity contribution in [2.45, 2.75) is 24.6 Å². The maximum atomic E-state index is 5.09. The van der Waals surface area contributed by atoms with E-state index in [2.05, 4.69) is 47.1 Å². The summed E-state index contributed by atoms with van der Waals surface area (Å²) in [5.41, 5.74) is 3.82. The van der Waals surface area contributed by atoms with Crippen LogP contribution in [0.5, 0.6) is 0 Å². The van der Waals surface area contributed by atoms with E-state index in [0.29, 0.717) is 0 Å². The van der Waals surface area contributed by atoms with Crippen LogP contribution in [-0.4, -0.2) is 0 Å². The molecular formula is C14H15BrO. The van der Waals surface area contributed by atoms with Gasteiger partial charge in [-0.05, 0) is 23.6 Å². The first kappa shape index (κ1) is 11.5. The van der Waals surface area contributed by atoms with Crippen LogP contribution >= 0.6 is 15.9 Å². The molecule has 1 unspecified atom stereocenters. The standard InChI is InChI=1S/C14H15BrO/c1-2-3-11-4-6-12(7-5-11)14(15)13-8-9-16-10-13/h4-10,14H,2-3H2,1H3. The molecule has 84 valence electrons.